The molecule has 2 heteroatoms. The minimum Gasteiger partial charge on any atom is -0.126 e. The van der Waals surface area contributed by atoms with Crippen molar-refractivity contribution in [1.82, 2.24) is 0 Å². The van der Waals surface area contributed by atoms with Gasteiger partial charge in [0.1, 0.15) is 0 Å². The van der Waals surface area contributed by atoms with Crippen molar-refractivity contribution in [2.75, 3.05) is 11.1 Å². The number of benzene rings is 1. The summed E-state index contributed by atoms with van der Waals surface area (Å²) in [6, 6.07) is 10.6. The molecule has 0 atom stereocenters. The SMILES string of the molecule is CC(C)(CBr)CCSc1ccccc1. The number of alkyl halides is 1. The molecular formula is C12H17BrS. The maximum absolute atomic E-state index is 3.55. The van der Waals surface area contributed by atoms with Crippen molar-refractivity contribution >= 4 is 27.7 Å². The van der Waals surface area contributed by atoms with E-state index >= 15 is 0 Å². The van der Waals surface area contributed by atoms with E-state index in [1.807, 2.05) is 11.8 Å². The molecule has 1 aromatic rings. The minimum absolute atomic E-state index is 0.418. The number of halogens is 1. The molecule has 0 amide bonds. The fourth-order valence-electron chi connectivity index (χ4n) is 1.03. The highest BCUT2D eigenvalue weighted by molar-refractivity contribution is 9.09. The zero-order valence-corrected chi connectivity index (χ0v) is 11.2. The van der Waals surface area contributed by atoms with Gasteiger partial charge in [-0.3, -0.25) is 0 Å². The third-order valence-corrected chi connectivity index (χ3v) is 4.68. The molecule has 0 nitrogen and oxygen atoms in total. The first-order valence-electron chi connectivity index (χ1n) is 4.88. The summed E-state index contributed by atoms with van der Waals surface area (Å²) in [5.74, 6) is 1.20. The highest BCUT2D eigenvalue weighted by Gasteiger charge is 2.15. The van der Waals surface area contributed by atoms with E-state index in [1.165, 1.54) is 17.1 Å². The van der Waals surface area contributed by atoms with Gasteiger partial charge >= 0.3 is 0 Å². The first-order chi connectivity index (χ1) is 6.64. The van der Waals surface area contributed by atoms with E-state index in [0.717, 1.165) is 5.33 Å². The van der Waals surface area contributed by atoms with Crippen LogP contribution in [-0.4, -0.2) is 11.1 Å². The van der Waals surface area contributed by atoms with Crippen LogP contribution in [0.4, 0.5) is 0 Å². The highest BCUT2D eigenvalue weighted by atomic mass is 79.9. The van der Waals surface area contributed by atoms with Crippen molar-refractivity contribution in [1.29, 1.82) is 0 Å². The van der Waals surface area contributed by atoms with Crippen molar-refractivity contribution in [3.63, 3.8) is 0 Å². The summed E-state index contributed by atoms with van der Waals surface area (Å²) in [5.41, 5.74) is 0.418. The molecule has 0 spiro atoms. The van der Waals surface area contributed by atoms with Gasteiger partial charge < -0.3 is 0 Å². The Hall–Kier alpha value is 0.0500. The van der Waals surface area contributed by atoms with Crippen LogP contribution in [0.25, 0.3) is 0 Å². The second kappa shape index (κ2) is 5.82. The van der Waals surface area contributed by atoms with Crippen LogP contribution in [0.1, 0.15) is 20.3 Å². The van der Waals surface area contributed by atoms with Crippen LogP contribution in [0.3, 0.4) is 0 Å². The first kappa shape index (κ1) is 12.1. The van der Waals surface area contributed by atoms with Crippen LogP contribution in [0.15, 0.2) is 35.2 Å². The van der Waals surface area contributed by atoms with Crippen molar-refractivity contribution in [2.45, 2.75) is 25.2 Å². The highest BCUT2D eigenvalue weighted by Crippen LogP contribution is 2.27. The lowest BCUT2D eigenvalue weighted by molar-refractivity contribution is 0.415. The smallest absolute Gasteiger partial charge is 0.00829 e. The predicted octanol–water partition coefficient (Wildman–Crippen LogP) is 4.59. The van der Waals surface area contributed by atoms with Gasteiger partial charge in [-0.2, -0.15) is 0 Å². The minimum atomic E-state index is 0.418. The van der Waals surface area contributed by atoms with E-state index in [0.29, 0.717) is 5.41 Å². The predicted molar refractivity (Wildman–Crippen MR) is 69.4 cm³/mol. The normalized spacial score (nSPS) is 11.6. The molecule has 0 aromatic heterocycles. The number of hydrogen-bond donors (Lipinski definition) is 0. The lowest BCUT2D eigenvalue weighted by Gasteiger charge is -2.20. The zero-order valence-electron chi connectivity index (χ0n) is 8.79. The average Bonchev–Trinajstić information content (AvgIpc) is 2.19. The van der Waals surface area contributed by atoms with Crippen LogP contribution in [0.5, 0.6) is 0 Å². The lowest BCUT2D eigenvalue weighted by atomic mass is 9.93. The molecule has 78 valence electrons. The molecule has 0 aliphatic carbocycles. The molecule has 14 heavy (non-hydrogen) atoms. The van der Waals surface area contributed by atoms with Crippen LogP contribution < -0.4 is 0 Å². The van der Waals surface area contributed by atoms with Crippen molar-refractivity contribution in [3.8, 4) is 0 Å². The topological polar surface area (TPSA) is 0 Å². The van der Waals surface area contributed by atoms with E-state index in [9.17, 15) is 0 Å². The second-order valence-corrected chi connectivity index (χ2v) is 5.94. The van der Waals surface area contributed by atoms with Gasteiger partial charge in [-0.15, -0.1) is 11.8 Å². The van der Waals surface area contributed by atoms with Gasteiger partial charge in [0, 0.05) is 10.2 Å². The quantitative estimate of drug-likeness (QED) is 0.558. The van der Waals surface area contributed by atoms with E-state index in [1.54, 1.807) is 0 Å². The van der Waals surface area contributed by atoms with Crippen molar-refractivity contribution < 1.29 is 0 Å². The van der Waals surface area contributed by atoms with Gasteiger partial charge in [0.15, 0.2) is 0 Å². The van der Waals surface area contributed by atoms with Gasteiger partial charge in [0.25, 0.3) is 0 Å². The molecule has 0 fully saturated rings. The third kappa shape index (κ3) is 4.52. The Morgan fingerprint density at radius 2 is 1.86 bits per heavy atom. The largest absolute Gasteiger partial charge is 0.126 e. The Balaban J connectivity index is 2.29. The number of rotatable bonds is 5. The van der Waals surface area contributed by atoms with Gasteiger partial charge in [0.05, 0.1) is 0 Å². The number of thioether (sulfide) groups is 1. The van der Waals surface area contributed by atoms with Gasteiger partial charge in [0.2, 0.25) is 0 Å². The number of hydrogen-bond acceptors (Lipinski definition) is 1. The molecule has 0 aliphatic rings. The molecule has 0 N–H and O–H groups in total. The van der Waals surface area contributed by atoms with Crippen LogP contribution in [0, 0.1) is 5.41 Å². The molecule has 0 bridgehead atoms. The first-order valence-corrected chi connectivity index (χ1v) is 6.98. The summed E-state index contributed by atoms with van der Waals surface area (Å²) in [6.07, 6.45) is 1.25. The van der Waals surface area contributed by atoms with Crippen LogP contribution >= 0.6 is 27.7 Å². The van der Waals surface area contributed by atoms with Crippen LogP contribution in [0.2, 0.25) is 0 Å². The Labute approximate surface area is 99.6 Å². The molecule has 1 rings (SSSR count). The Morgan fingerprint density at radius 3 is 2.43 bits per heavy atom. The zero-order chi connectivity index (χ0) is 10.4. The molecule has 0 radical (unpaired) electrons. The standard InChI is InChI=1S/C12H17BrS/c1-12(2,10-13)8-9-14-11-6-4-3-5-7-11/h3-7H,8-10H2,1-2H3. The summed E-state index contributed by atoms with van der Waals surface area (Å²) in [4.78, 5) is 1.37. The molecular weight excluding hydrogens is 256 g/mol. The van der Waals surface area contributed by atoms with Crippen molar-refractivity contribution in [2.24, 2.45) is 5.41 Å². The monoisotopic (exact) mass is 272 g/mol. The Kier molecular flexibility index (Phi) is 5.04. The molecule has 0 saturated heterocycles. The molecule has 0 heterocycles. The summed E-state index contributed by atoms with van der Waals surface area (Å²) in [6.45, 7) is 4.60. The average molecular weight is 273 g/mol. The molecule has 0 aliphatic heterocycles. The van der Waals surface area contributed by atoms with E-state index in [2.05, 4.69) is 60.1 Å². The Bertz CT molecular complexity index is 256. The van der Waals surface area contributed by atoms with Crippen molar-refractivity contribution in [3.05, 3.63) is 30.3 Å². The van der Waals surface area contributed by atoms with Gasteiger partial charge in [-0.25, -0.2) is 0 Å². The maximum atomic E-state index is 3.55. The van der Waals surface area contributed by atoms with Crippen LogP contribution in [-0.2, 0) is 0 Å². The second-order valence-electron chi connectivity index (χ2n) is 4.21. The summed E-state index contributed by atoms with van der Waals surface area (Å²) >= 11 is 5.49. The Morgan fingerprint density at radius 1 is 1.21 bits per heavy atom. The summed E-state index contributed by atoms with van der Waals surface area (Å²) < 4.78 is 0. The van der Waals surface area contributed by atoms with Gasteiger partial charge in [-0.05, 0) is 29.7 Å². The van der Waals surface area contributed by atoms with E-state index in [4.69, 9.17) is 0 Å². The summed E-state index contributed by atoms with van der Waals surface area (Å²) in [7, 11) is 0. The lowest BCUT2D eigenvalue weighted by Crippen LogP contribution is -2.13. The fourth-order valence-corrected chi connectivity index (χ4v) is 2.55. The van der Waals surface area contributed by atoms with E-state index in [-0.39, 0.29) is 0 Å². The van der Waals surface area contributed by atoms with Gasteiger partial charge in [-0.1, -0.05) is 48.0 Å². The fraction of sp³-hybridized carbons (Fsp3) is 0.500. The third-order valence-electron chi connectivity index (χ3n) is 2.15. The molecule has 1 aromatic carbocycles. The summed E-state index contributed by atoms with van der Waals surface area (Å²) in [5, 5.41) is 1.08. The maximum Gasteiger partial charge on any atom is 0.00829 e. The molecule has 0 unspecified atom stereocenters. The molecule has 0 saturated carbocycles. The van der Waals surface area contributed by atoms with E-state index < -0.39 is 0 Å².